The van der Waals surface area contributed by atoms with Crippen LogP contribution in [-0.4, -0.2) is 47.7 Å². The fourth-order valence-electron chi connectivity index (χ4n) is 7.23. The third kappa shape index (κ3) is 7.20. The van der Waals surface area contributed by atoms with Gasteiger partial charge in [-0.25, -0.2) is 22.5 Å². The Morgan fingerprint density at radius 2 is 1.82 bits per heavy atom. The number of hydrogen-bond donors (Lipinski definition) is 3. The predicted octanol–water partition coefficient (Wildman–Crippen LogP) is 7.07. The molecule has 2 aromatic carbocycles. The summed E-state index contributed by atoms with van der Waals surface area (Å²) in [7, 11) is 1.64. The first-order chi connectivity index (χ1) is 26.0. The average Bonchev–Trinajstić information content (AvgIpc) is 3.63. The fraction of sp³-hybridized carbons (Fsp3) is 0.342. The molecule has 0 spiro atoms. The number of pyridine rings is 1. The maximum Gasteiger partial charge on any atom is 0.293 e. The molecule has 17 heteroatoms. The van der Waals surface area contributed by atoms with Gasteiger partial charge in [-0.15, -0.1) is 0 Å². The highest BCUT2D eigenvalue weighted by molar-refractivity contribution is 6.37. The van der Waals surface area contributed by atoms with Crippen molar-refractivity contribution in [3.63, 3.8) is 0 Å². The number of halogens is 7. The van der Waals surface area contributed by atoms with E-state index in [9.17, 15) is 32.7 Å². The molecule has 0 aliphatic heterocycles. The van der Waals surface area contributed by atoms with E-state index >= 15 is 8.78 Å². The maximum absolute atomic E-state index is 15.4. The molecule has 3 atom stereocenters. The minimum atomic E-state index is -3.48. The van der Waals surface area contributed by atoms with Crippen LogP contribution in [0, 0.1) is 40.7 Å². The van der Waals surface area contributed by atoms with Gasteiger partial charge < -0.3 is 15.7 Å². The van der Waals surface area contributed by atoms with Gasteiger partial charge in [0.15, 0.2) is 5.82 Å². The molecule has 1 saturated carbocycles. The lowest BCUT2D eigenvalue weighted by Crippen LogP contribution is -2.35. The van der Waals surface area contributed by atoms with E-state index in [0.29, 0.717) is 43.6 Å². The first-order valence-electron chi connectivity index (χ1n) is 17.0. The Hall–Kier alpha value is -5.58. The van der Waals surface area contributed by atoms with Crippen LogP contribution in [-0.2, 0) is 30.7 Å². The molecule has 0 saturated heterocycles. The maximum atomic E-state index is 15.4. The Kier molecular flexibility index (Phi) is 9.55. The van der Waals surface area contributed by atoms with Gasteiger partial charge in [-0.1, -0.05) is 23.6 Å². The van der Waals surface area contributed by atoms with Crippen molar-refractivity contribution in [1.82, 2.24) is 29.9 Å². The van der Waals surface area contributed by atoms with Crippen LogP contribution in [0.3, 0.4) is 0 Å². The smallest absolute Gasteiger partial charge is 0.293 e. The highest BCUT2D eigenvalue weighted by atomic mass is 35.5. The number of nitrogens with zero attached hydrogens (tertiary/aromatic N) is 6. The highest BCUT2D eigenvalue weighted by Crippen LogP contribution is 2.68. The van der Waals surface area contributed by atoms with Crippen LogP contribution in [0.15, 0.2) is 42.5 Å². The number of nitrogens with one attached hydrogen (secondary N) is 2. The van der Waals surface area contributed by atoms with Crippen molar-refractivity contribution in [2.24, 2.45) is 13.0 Å². The number of carbonyl (C=O) groups excluding carboxylic acids is 1. The lowest BCUT2D eigenvalue weighted by Gasteiger charge is -2.23. The van der Waals surface area contributed by atoms with E-state index in [4.69, 9.17) is 16.6 Å². The number of benzene rings is 2. The zero-order chi connectivity index (χ0) is 39.6. The number of aryl methyl sites for hydroxylation is 1. The van der Waals surface area contributed by atoms with Crippen molar-refractivity contribution in [2.45, 2.75) is 63.1 Å². The van der Waals surface area contributed by atoms with E-state index in [1.54, 1.807) is 31.3 Å². The van der Waals surface area contributed by atoms with Gasteiger partial charge >= 0.3 is 0 Å². The minimum Gasteiger partial charge on any atom is -0.378 e. The average molecular weight is 781 g/mol. The fourth-order valence-corrected chi connectivity index (χ4v) is 7.47. The van der Waals surface area contributed by atoms with Gasteiger partial charge in [0.1, 0.15) is 47.4 Å². The standard InChI is InChI=1S/C38H31ClF6N8O2/c1-37(2,55)9-8-21-4-5-22(23-6-7-26(39)30-33(23)52(3)51-36(30)47-11-10-46)31(48-21)27(14-18-12-19(40)15-20(41)13-18)49-28(54)17-53-34-29(32(50-53)35(42)43)24-16-25(24)38(34,44)45/h4-7,12-13,15,24-25,27,35,55H,11,14,16-17H2,1-3H3,(H,47,51)(H,49,54)/t24?,25-,27+/m1/s1. The van der Waals surface area contributed by atoms with E-state index in [1.807, 2.05) is 6.07 Å². The first-order valence-corrected chi connectivity index (χ1v) is 17.4. The van der Waals surface area contributed by atoms with Crippen molar-refractivity contribution < 1.29 is 36.2 Å². The normalized spacial score (nSPS) is 17.3. The second kappa shape index (κ2) is 13.9. The Labute approximate surface area is 315 Å². The third-order valence-electron chi connectivity index (χ3n) is 9.47. The Bertz CT molecular complexity index is 2450. The number of alkyl halides is 4. The number of hydrogen-bond acceptors (Lipinski definition) is 7. The van der Waals surface area contributed by atoms with Crippen LogP contribution in [0.2, 0.25) is 5.02 Å². The Balaban J connectivity index is 1.38. The summed E-state index contributed by atoms with van der Waals surface area (Å²) in [6, 6.07) is 9.93. The number of amides is 1. The largest absolute Gasteiger partial charge is 0.378 e. The van der Waals surface area contributed by atoms with Crippen LogP contribution in [0.25, 0.3) is 22.0 Å². The molecule has 0 radical (unpaired) electrons. The lowest BCUT2D eigenvalue weighted by molar-refractivity contribution is -0.123. The monoisotopic (exact) mass is 780 g/mol. The topological polar surface area (TPSA) is 134 Å². The molecule has 55 heavy (non-hydrogen) atoms. The highest BCUT2D eigenvalue weighted by Gasteiger charge is 2.67. The molecule has 3 heterocycles. The molecular weight excluding hydrogens is 750 g/mol. The van der Waals surface area contributed by atoms with Crippen LogP contribution < -0.4 is 10.6 Å². The van der Waals surface area contributed by atoms with E-state index in [2.05, 4.69) is 32.7 Å². The zero-order valence-corrected chi connectivity index (χ0v) is 30.1. The van der Waals surface area contributed by atoms with Crippen molar-refractivity contribution >= 4 is 34.2 Å². The van der Waals surface area contributed by atoms with Crippen molar-refractivity contribution in [1.29, 1.82) is 5.26 Å². The van der Waals surface area contributed by atoms with Gasteiger partial charge in [-0.2, -0.15) is 24.2 Å². The van der Waals surface area contributed by atoms with Gasteiger partial charge in [0.25, 0.3) is 12.3 Å². The SMILES string of the molecule is Cn1nc(NCC#N)c2c(Cl)ccc(-c3ccc(C#CC(C)(C)O)nc3[C@H](Cc3cc(F)cc(F)c3)NC(=O)Cn3nc(C(F)F)c4c3C(F)(F)[C@@H]3CC43)c21. The summed E-state index contributed by atoms with van der Waals surface area (Å²) >= 11 is 6.63. The summed E-state index contributed by atoms with van der Waals surface area (Å²) in [4.78, 5) is 18.6. The Morgan fingerprint density at radius 3 is 2.49 bits per heavy atom. The second-order valence-electron chi connectivity index (χ2n) is 14.0. The second-order valence-corrected chi connectivity index (χ2v) is 14.4. The van der Waals surface area contributed by atoms with Crippen molar-refractivity contribution in [3.05, 3.63) is 93.0 Å². The van der Waals surface area contributed by atoms with Crippen LogP contribution in [0.4, 0.5) is 32.2 Å². The Morgan fingerprint density at radius 1 is 1.11 bits per heavy atom. The molecule has 7 rings (SSSR count). The summed E-state index contributed by atoms with van der Waals surface area (Å²) in [6.45, 7) is 1.95. The molecule has 1 amide bonds. The molecule has 10 nitrogen and oxygen atoms in total. The summed E-state index contributed by atoms with van der Waals surface area (Å²) < 4.78 is 89.9. The number of carbonyl (C=O) groups is 1. The van der Waals surface area contributed by atoms with E-state index < -0.39 is 71.3 Å². The van der Waals surface area contributed by atoms with E-state index in [0.717, 1.165) is 12.1 Å². The number of fused-ring (bicyclic) bond motifs is 4. The molecule has 3 aromatic heterocycles. The van der Waals surface area contributed by atoms with Crippen LogP contribution in [0.5, 0.6) is 0 Å². The van der Waals surface area contributed by atoms with E-state index in [1.165, 1.54) is 18.5 Å². The van der Waals surface area contributed by atoms with E-state index in [-0.39, 0.29) is 41.9 Å². The third-order valence-corrected chi connectivity index (χ3v) is 9.79. The molecule has 5 aromatic rings. The van der Waals surface area contributed by atoms with Crippen LogP contribution in [0.1, 0.15) is 72.6 Å². The quantitative estimate of drug-likeness (QED) is 0.0785. The van der Waals surface area contributed by atoms with Gasteiger partial charge in [0, 0.05) is 35.7 Å². The molecule has 1 unspecified atom stereocenters. The van der Waals surface area contributed by atoms with Gasteiger partial charge in [-0.05, 0) is 74.4 Å². The minimum absolute atomic E-state index is 0.0372. The lowest BCUT2D eigenvalue weighted by atomic mass is 9.93. The molecular formula is C38H31ClF6N8O2. The van der Waals surface area contributed by atoms with Gasteiger partial charge in [-0.3, -0.25) is 14.2 Å². The summed E-state index contributed by atoms with van der Waals surface area (Å²) in [5.41, 5.74) is -1.58. The number of anilines is 1. The van der Waals surface area contributed by atoms with Gasteiger partial charge in [0.05, 0.1) is 33.7 Å². The summed E-state index contributed by atoms with van der Waals surface area (Å²) in [6.07, 6.45) is -3.41. The molecule has 2 aliphatic carbocycles. The number of rotatable bonds is 10. The first kappa shape index (κ1) is 37.7. The van der Waals surface area contributed by atoms with Crippen molar-refractivity contribution in [2.75, 3.05) is 11.9 Å². The predicted molar refractivity (Wildman–Crippen MR) is 189 cm³/mol. The zero-order valence-electron chi connectivity index (χ0n) is 29.4. The molecule has 2 aliphatic rings. The summed E-state index contributed by atoms with van der Waals surface area (Å²) in [5.74, 6) is -2.40. The molecule has 1 fully saturated rings. The van der Waals surface area contributed by atoms with Crippen molar-refractivity contribution in [3.8, 4) is 29.0 Å². The number of aliphatic hydroxyl groups is 1. The summed E-state index contributed by atoms with van der Waals surface area (Å²) in [5, 5.41) is 34.1. The molecule has 0 bridgehead atoms. The molecule has 284 valence electrons. The van der Waals surface area contributed by atoms with Gasteiger partial charge in [0.2, 0.25) is 5.91 Å². The molecule has 3 N–H and O–H groups in total. The van der Waals surface area contributed by atoms with Crippen LogP contribution >= 0.6 is 11.6 Å². The number of nitriles is 1. The number of aromatic nitrogens is 5.